The molecule has 0 aliphatic carbocycles. The van der Waals surface area contributed by atoms with Crippen molar-refractivity contribution in [1.82, 2.24) is 24.4 Å². The summed E-state index contributed by atoms with van der Waals surface area (Å²) in [5.74, 6) is 0.660. The van der Waals surface area contributed by atoms with E-state index in [9.17, 15) is 23.1 Å². The summed E-state index contributed by atoms with van der Waals surface area (Å²) in [6.07, 6.45) is -3.54. The summed E-state index contributed by atoms with van der Waals surface area (Å²) in [4.78, 5) is 26.5. The van der Waals surface area contributed by atoms with Crippen LogP contribution in [0.3, 0.4) is 0 Å². The van der Waals surface area contributed by atoms with Crippen molar-refractivity contribution in [2.45, 2.75) is 71.8 Å². The van der Waals surface area contributed by atoms with Crippen molar-refractivity contribution in [2.75, 3.05) is 17.2 Å². The number of aryl methyl sites for hydroxylation is 1. The Kier molecular flexibility index (Phi) is 7.37. The largest absolute Gasteiger partial charge is 0.465 e. The average Bonchev–Trinajstić information content (AvgIpc) is 3.04. The summed E-state index contributed by atoms with van der Waals surface area (Å²) >= 11 is 0. The van der Waals surface area contributed by atoms with Gasteiger partial charge in [0.2, 0.25) is 11.9 Å². The summed E-state index contributed by atoms with van der Waals surface area (Å²) < 4.78 is 41.4. The van der Waals surface area contributed by atoms with Gasteiger partial charge < -0.3 is 20.6 Å². The molecule has 0 saturated heterocycles. The number of alkyl halides is 3. The molecule has 3 aromatic rings. The molecule has 1 amide bonds. The van der Waals surface area contributed by atoms with Crippen LogP contribution in [0, 0.1) is 0 Å². The zero-order valence-corrected chi connectivity index (χ0v) is 21.2. The lowest BCUT2D eigenvalue weighted by molar-refractivity contribution is -0.137. The summed E-state index contributed by atoms with van der Waals surface area (Å²) in [7, 11) is 0. The van der Waals surface area contributed by atoms with Crippen molar-refractivity contribution in [1.29, 1.82) is 0 Å². The highest BCUT2D eigenvalue weighted by atomic mass is 19.4. The average molecular weight is 508 g/mol. The number of fused-ring (bicyclic) bond motifs is 1. The molecule has 2 heterocycles. The van der Waals surface area contributed by atoms with Crippen LogP contribution in [0.5, 0.6) is 0 Å². The van der Waals surface area contributed by atoms with Crippen molar-refractivity contribution in [3.63, 3.8) is 0 Å². The van der Waals surface area contributed by atoms with Gasteiger partial charge in [0.1, 0.15) is 5.52 Å². The smallest absolute Gasteiger partial charge is 0.416 e. The van der Waals surface area contributed by atoms with Crippen molar-refractivity contribution in [3.8, 4) is 0 Å². The molecule has 0 aliphatic heterocycles. The molecule has 0 saturated carbocycles. The fourth-order valence-corrected chi connectivity index (χ4v) is 3.63. The van der Waals surface area contributed by atoms with Gasteiger partial charge in [0.25, 0.3) is 0 Å². The maximum Gasteiger partial charge on any atom is 0.416 e. The van der Waals surface area contributed by atoms with Gasteiger partial charge in [-0.05, 0) is 66.2 Å². The maximum atomic E-state index is 13.2. The first kappa shape index (κ1) is 27.0. The van der Waals surface area contributed by atoms with Gasteiger partial charge in [0.05, 0.1) is 11.8 Å². The zero-order valence-electron chi connectivity index (χ0n) is 21.2. The number of carboxylic acid groups (broad SMARTS) is 1. The van der Waals surface area contributed by atoms with Crippen LogP contribution in [-0.2, 0) is 12.7 Å². The number of nitrogens with one attached hydrogen (secondary N) is 2. The molecule has 0 spiro atoms. The number of benzene rings is 1. The predicted octanol–water partition coefficient (Wildman–Crippen LogP) is 5.97. The highest BCUT2D eigenvalue weighted by Crippen LogP contribution is 2.32. The second-order valence-electron chi connectivity index (χ2n) is 10.5. The van der Waals surface area contributed by atoms with Crippen LogP contribution >= 0.6 is 0 Å². The Hall–Kier alpha value is -3.57. The van der Waals surface area contributed by atoms with Crippen LogP contribution in [0.1, 0.15) is 53.5 Å². The maximum absolute atomic E-state index is 13.2. The second kappa shape index (κ2) is 9.82. The number of hydrogen-bond donors (Lipinski definition) is 3. The Morgan fingerprint density at radius 1 is 1.11 bits per heavy atom. The monoisotopic (exact) mass is 507 g/mol. The van der Waals surface area contributed by atoms with Crippen LogP contribution in [-0.4, -0.2) is 53.2 Å². The van der Waals surface area contributed by atoms with Gasteiger partial charge in [0.15, 0.2) is 5.65 Å². The van der Waals surface area contributed by atoms with E-state index in [4.69, 9.17) is 0 Å². The molecule has 0 unspecified atom stereocenters. The van der Waals surface area contributed by atoms with Crippen molar-refractivity contribution < 1.29 is 23.1 Å². The fourth-order valence-electron chi connectivity index (χ4n) is 3.63. The topological polar surface area (TPSA) is 108 Å². The molecule has 0 radical (unpaired) electrons. The molecule has 2 aromatic heterocycles. The SMILES string of the molecule is CC(C)(C)Nc1ncc2nc(Nc3cccc(C(F)(F)F)c3)n(CCCN(C(=O)O)C(C)(C)C)c2n1. The van der Waals surface area contributed by atoms with Crippen molar-refractivity contribution in [2.24, 2.45) is 0 Å². The van der Waals surface area contributed by atoms with Gasteiger partial charge in [-0.2, -0.15) is 18.2 Å². The first-order valence-corrected chi connectivity index (χ1v) is 11.5. The molecular formula is C24H32F3N7O2. The van der Waals surface area contributed by atoms with Gasteiger partial charge in [-0.1, -0.05) is 6.07 Å². The third-order valence-electron chi connectivity index (χ3n) is 5.22. The van der Waals surface area contributed by atoms with E-state index in [0.717, 1.165) is 12.1 Å². The Morgan fingerprint density at radius 2 is 1.81 bits per heavy atom. The highest BCUT2D eigenvalue weighted by Gasteiger charge is 2.30. The van der Waals surface area contributed by atoms with Crippen LogP contribution in [0.4, 0.5) is 35.5 Å². The lowest BCUT2D eigenvalue weighted by atomic mass is 10.1. The number of aromatic nitrogens is 4. The van der Waals surface area contributed by atoms with Gasteiger partial charge in [0, 0.05) is 29.9 Å². The van der Waals surface area contributed by atoms with Crippen LogP contribution in [0.2, 0.25) is 0 Å². The Balaban J connectivity index is 1.98. The lowest BCUT2D eigenvalue weighted by Crippen LogP contribution is -2.45. The molecule has 3 rings (SSSR count). The second-order valence-corrected chi connectivity index (χ2v) is 10.5. The van der Waals surface area contributed by atoms with E-state index in [-0.39, 0.29) is 23.7 Å². The minimum absolute atomic E-state index is 0.212. The number of hydrogen-bond acceptors (Lipinski definition) is 6. The molecule has 0 bridgehead atoms. The molecule has 12 heteroatoms. The number of amides is 1. The molecule has 1 aromatic carbocycles. The molecular weight excluding hydrogens is 475 g/mol. The number of imidazole rings is 1. The first-order valence-electron chi connectivity index (χ1n) is 11.5. The lowest BCUT2D eigenvalue weighted by Gasteiger charge is -2.33. The predicted molar refractivity (Wildman–Crippen MR) is 133 cm³/mol. The number of halogens is 3. The number of carbonyl (C=O) groups is 1. The summed E-state index contributed by atoms with van der Waals surface area (Å²) in [5.41, 5.74) is -0.530. The van der Waals surface area contributed by atoms with E-state index in [2.05, 4.69) is 25.6 Å². The molecule has 3 N–H and O–H groups in total. The molecule has 0 fully saturated rings. The Morgan fingerprint density at radius 3 is 2.39 bits per heavy atom. The summed E-state index contributed by atoms with van der Waals surface area (Å²) in [6.45, 7) is 11.9. The quantitative estimate of drug-likeness (QED) is 0.362. The number of rotatable bonds is 7. The van der Waals surface area contributed by atoms with Crippen molar-refractivity contribution in [3.05, 3.63) is 36.0 Å². The van der Waals surface area contributed by atoms with E-state index in [0.29, 0.717) is 30.1 Å². The fraction of sp³-hybridized carbons (Fsp3) is 0.500. The molecule has 36 heavy (non-hydrogen) atoms. The standard InChI is InChI=1S/C24H32F3N7O2/c1-22(2,3)32-19-28-14-17-18(31-19)33(11-8-12-34(21(35)36)23(4,5)6)20(30-17)29-16-10-7-9-15(13-16)24(25,26)27/h7,9-10,13-14H,8,11-12H2,1-6H3,(H,29,30)(H,35,36)(H,28,31,32). The molecule has 0 aliphatic rings. The van der Waals surface area contributed by atoms with Crippen molar-refractivity contribution >= 4 is 34.8 Å². The molecule has 9 nitrogen and oxygen atoms in total. The minimum atomic E-state index is -4.48. The van der Waals surface area contributed by atoms with E-state index in [1.165, 1.54) is 17.0 Å². The zero-order chi connectivity index (χ0) is 26.9. The van der Waals surface area contributed by atoms with Crippen LogP contribution in [0.15, 0.2) is 30.5 Å². The van der Waals surface area contributed by atoms with E-state index < -0.39 is 23.4 Å². The van der Waals surface area contributed by atoms with Gasteiger partial charge in [-0.25, -0.2) is 14.8 Å². The highest BCUT2D eigenvalue weighted by molar-refractivity contribution is 5.76. The van der Waals surface area contributed by atoms with Crippen LogP contribution in [0.25, 0.3) is 11.2 Å². The number of anilines is 3. The van der Waals surface area contributed by atoms with E-state index >= 15 is 0 Å². The van der Waals surface area contributed by atoms with Gasteiger partial charge in [-0.15, -0.1) is 0 Å². The number of nitrogens with zero attached hydrogens (tertiary/aromatic N) is 5. The summed E-state index contributed by atoms with van der Waals surface area (Å²) in [5, 5.41) is 15.8. The third kappa shape index (κ3) is 6.76. The molecule has 0 atom stereocenters. The normalized spacial score (nSPS) is 12.6. The summed E-state index contributed by atoms with van der Waals surface area (Å²) in [6, 6.07) is 4.84. The van der Waals surface area contributed by atoms with E-state index in [1.807, 2.05) is 41.5 Å². The minimum Gasteiger partial charge on any atom is -0.465 e. The Labute approximate surface area is 207 Å². The molecule has 196 valence electrons. The first-order chi connectivity index (χ1) is 16.5. The Bertz CT molecular complexity index is 1230. The van der Waals surface area contributed by atoms with Gasteiger partial charge >= 0.3 is 12.3 Å². The van der Waals surface area contributed by atoms with Gasteiger partial charge in [-0.3, -0.25) is 4.57 Å². The van der Waals surface area contributed by atoms with E-state index in [1.54, 1.807) is 10.8 Å². The van der Waals surface area contributed by atoms with Crippen LogP contribution < -0.4 is 10.6 Å². The third-order valence-corrected chi connectivity index (χ3v) is 5.22.